The Labute approximate surface area is 119 Å². The van der Waals surface area contributed by atoms with Crippen molar-refractivity contribution >= 4 is 34.5 Å². The molecular formula is C14H19ClN2S. The molecule has 1 heterocycles. The second-order valence-corrected chi connectivity index (χ2v) is 5.63. The van der Waals surface area contributed by atoms with Crippen molar-refractivity contribution in [3.63, 3.8) is 0 Å². The van der Waals surface area contributed by atoms with Crippen LogP contribution >= 0.6 is 23.8 Å². The van der Waals surface area contributed by atoms with Crippen LogP contribution in [-0.2, 0) is 0 Å². The van der Waals surface area contributed by atoms with Crippen LogP contribution in [0.4, 0.5) is 5.69 Å². The summed E-state index contributed by atoms with van der Waals surface area (Å²) in [6.45, 7) is 2.18. The van der Waals surface area contributed by atoms with Crippen LogP contribution in [0.1, 0.15) is 37.7 Å². The smallest absolute Gasteiger partial charge is 0.104 e. The van der Waals surface area contributed by atoms with E-state index in [9.17, 15) is 0 Å². The van der Waals surface area contributed by atoms with Crippen molar-refractivity contribution in [3.05, 3.63) is 28.8 Å². The minimum absolute atomic E-state index is 0.399. The van der Waals surface area contributed by atoms with Gasteiger partial charge in [0, 0.05) is 18.7 Å². The molecule has 0 saturated carbocycles. The fraction of sp³-hybridized carbons (Fsp3) is 0.500. The number of nitrogens with two attached hydrogens (primary N) is 1. The van der Waals surface area contributed by atoms with Gasteiger partial charge in [-0.3, -0.25) is 0 Å². The zero-order valence-electron chi connectivity index (χ0n) is 10.5. The number of nitrogens with zero attached hydrogens (tertiary/aromatic N) is 1. The molecule has 0 amide bonds. The highest BCUT2D eigenvalue weighted by Crippen LogP contribution is 2.28. The van der Waals surface area contributed by atoms with E-state index >= 15 is 0 Å². The molecule has 0 unspecified atom stereocenters. The number of thiocarbonyl (C=S) groups is 1. The summed E-state index contributed by atoms with van der Waals surface area (Å²) in [6, 6.07) is 5.87. The van der Waals surface area contributed by atoms with E-state index in [1.807, 2.05) is 18.2 Å². The minimum Gasteiger partial charge on any atom is -0.389 e. The quantitative estimate of drug-likeness (QED) is 0.838. The van der Waals surface area contributed by atoms with E-state index in [1.54, 1.807) is 0 Å². The molecule has 0 radical (unpaired) electrons. The van der Waals surface area contributed by atoms with E-state index in [0.29, 0.717) is 4.99 Å². The summed E-state index contributed by atoms with van der Waals surface area (Å²) in [6.07, 6.45) is 6.49. The van der Waals surface area contributed by atoms with Gasteiger partial charge in [-0.15, -0.1) is 0 Å². The topological polar surface area (TPSA) is 29.3 Å². The van der Waals surface area contributed by atoms with Gasteiger partial charge in [0.05, 0.1) is 10.7 Å². The molecule has 2 N–H and O–H groups in total. The first-order valence-corrected chi connectivity index (χ1v) is 7.31. The Bertz CT molecular complexity index is 426. The van der Waals surface area contributed by atoms with Crippen molar-refractivity contribution in [2.75, 3.05) is 18.0 Å². The molecule has 1 saturated heterocycles. The van der Waals surface area contributed by atoms with E-state index in [0.717, 1.165) is 29.4 Å². The standard InChI is InChI=1S/C14H19ClN2S/c15-12-10-11(14(16)18)6-7-13(12)17-8-4-2-1-3-5-9-17/h6-7,10H,1-5,8-9H2,(H2,16,18). The second-order valence-electron chi connectivity index (χ2n) is 4.79. The Morgan fingerprint density at radius 2 is 1.72 bits per heavy atom. The molecule has 0 bridgehead atoms. The first kappa shape index (κ1) is 13.6. The fourth-order valence-corrected chi connectivity index (χ4v) is 2.83. The van der Waals surface area contributed by atoms with Gasteiger partial charge in [-0.2, -0.15) is 0 Å². The third-order valence-corrected chi connectivity index (χ3v) is 3.97. The summed E-state index contributed by atoms with van der Waals surface area (Å²) in [5.74, 6) is 0. The maximum absolute atomic E-state index is 6.34. The molecule has 1 fully saturated rings. The van der Waals surface area contributed by atoms with Gasteiger partial charge in [0.2, 0.25) is 0 Å². The summed E-state index contributed by atoms with van der Waals surface area (Å²) in [5.41, 5.74) is 7.56. The van der Waals surface area contributed by atoms with Crippen LogP contribution in [0.2, 0.25) is 5.02 Å². The predicted molar refractivity (Wildman–Crippen MR) is 82.6 cm³/mol. The molecule has 0 spiro atoms. The Morgan fingerprint density at radius 1 is 1.11 bits per heavy atom. The summed E-state index contributed by atoms with van der Waals surface area (Å²) >= 11 is 11.3. The number of hydrogen-bond acceptors (Lipinski definition) is 2. The monoisotopic (exact) mass is 282 g/mol. The normalized spacial score (nSPS) is 17.1. The van der Waals surface area contributed by atoms with Gasteiger partial charge in [-0.25, -0.2) is 0 Å². The van der Waals surface area contributed by atoms with Gasteiger partial charge < -0.3 is 10.6 Å². The summed E-state index contributed by atoms with van der Waals surface area (Å²) in [5, 5.41) is 0.751. The van der Waals surface area contributed by atoms with Crippen LogP contribution in [0.25, 0.3) is 0 Å². The molecule has 4 heteroatoms. The van der Waals surface area contributed by atoms with Crippen LogP contribution < -0.4 is 10.6 Å². The highest BCUT2D eigenvalue weighted by molar-refractivity contribution is 7.80. The molecule has 1 aliphatic heterocycles. The number of hydrogen-bond donors (Lipinski definition) is 1. The Morgan fingerprint density at radius 3 is 2.28 bits per heavy atom. The van der Waals surface area contributed by atoms with Crippen LogP contribution in [0, 0.1) is 0 Å². The fourth-order valence-electron chi connectivity index (χ4n) is 2.40. The molecule has 0 aliphatic carbocycles. The van der Waals surface area contributed by atoms with Crippen LogP contribution in [0.5, 0.6) is 0 Å². The average molecular weight is 283 g/mol. The third-order valence-electron chi connectivity index (χ3n) is 3.43. The van der Waals surface area contributed by atoms with Crippen molar-refractivity contribution in [3.8, 4) is 0 Å². The zero-order valence-corrected chi connectivity index (χ0v) is 12.1. The van der Waals surface area contributed by atoms with Gasteiger partial charge in [0.15, 0.2) is 0 Å². The van der Waals surface area contributed by atoms with Crippen molar-refractivity contribution in [1.29, 1.82) is 0 Å². The molecule has 18 heavy (non-hydrogen) atoms. The van der Waals surface area contributed by atoms with Crippen molar-refractivity contribution in [1.82, 2.24) is 0 Å². The number of anilines is 1. The lowest BCUT2D eigenvalue weighted by Crippen LogP contribution is -2.27. The third kappa shape index (κ3) is 3.36. The van der Waals surface area contributed by atoms with Crippen LogP contribution in [0.3, 0.4) is 0 Å². The molecule has 2 nitrogen and oxygen atoms in total. The molecular weight excluding hydrogens is 264 g/mol. The number of halogens is 1. The Hall–Kier alpha value is -0.800. The van der Waals surface area contributed by atoms with Crippen LogP contribution in [-0.4, -0.2) is 18.1 Å². The van der Waals surface area contributed by atoms with Crippen molar-refractivity contribution in [2.24, 2.45) is 5.73 Å². The largest absolute Gasteiger partial charge is 0.389 e. The lowest BCUT2D eigenvalue weighted by molar-refractivity contribution is 0.556. The Balaban J connectivity index is 2.18. The van der Waals surface area contributed by atoms with E-state index in [4.69, 9.17) is 29.6 Å². The van der Waals surface area contributed by atoms with Gasteiger partial charge in [-0.1, -0.05) is 43.1 Å². The Kier molecular flexibility index (Phi) is 4.84. The molecule has 98 valence electrons. The summed E-state index contributed by atoms with van der Waals surface area (Å²) in [7, 11) is 0. The molecule has 1 aromatic carbocycles. The highest BCUT2D eigenvalue weighted by Gasteiger charge is 2.12. The SMILES string of the molecule is NC(=S)c1ccc(N2CCCCCCC2)c(Cl)c1. The first-order chi connectivity index (χ1) is 8.68. The maximum atomic E-state index is 6.34. The number of rotatable bonds is 2. The van der Waals surface area contributed by atoms with Gasteiger partial charge in [0.25, 0.3) is 0 Å². The molecule has 1 aliphatic rings. The van der Waals surface area contributed by atoms with E-state index in [2.05, 4.69) is 4.90 Å². The lowest BCUT2D eigenvalue weighted by Gasteiger charge is -2.27. The average Bonchev–Trinajstić information content (AvgIpc) is 2.29. The molecule has 0 atom stereocenters. The van der Waals surface area contributed by atoms with E-state index in [1.165, 1.54) is 32.1 Å². The van der Waals surface area contributed by atoms with E-state index < -0.39 is 0 Å². The van der Waals surface area contributed by atoms with Gasteiger partial charge >= 0.3 is 0 Å². The van der Waals surface area contributed by atoms with Crippen LogP contribution in [0.15, 0.2) is 18.2 Å². The van der Waals surface area contributed by atoms with Gasteiger partial charge in [0.1, 0.15) is 4.99 Å². The summed E-state index contributed by atoms with van der Waals surface area (Å²) in [4.78, 5) is 2.78. The zero-order chi connectivity index (χ0) is 13.0. The lowest BCUT2D eigenvalue weighted by atomic mass is 10.1. The maximum Gasteiger partial charge on any atom is 0.104 e. The van der Waals surface area contributed by atoms with Gasteiger partial charge in [-0.05, 0) is 31.0 Å². The van der Waals surface area contributed by atoms with E-state index in [-0.39, 0.29) is 0 Å². The first-order valence-electron chi connectivity index (χ1n) is 6.53. The molecule has 1 aromatic rings. The molecule has 2 rings (SSSR count). The van der Waals surface area contributed by atoms with Crippen molar-refractivity contribution < 1.29 is 0 Å². The molecule has 0 aromatic heterocycles. The second kappa shape index (κ2) is 6.39. The van der Waals surface area contributed by atoms with Crippen molar-refractivity contribution in [2.45, 2.75) is 32.1 Å². The minimum atomic E-state index is 0.399. The number of benzene rings is 1. The highest BCUT2D eigenvalue weighted by atomic mass is 35.5. The predicted octanol–water partition coefficient (Wildman–Crippen LogP) is 3.74. The summed E-state index contributed by atoms with van der Waals surface area (Å²) < 4.78 is 0.